The predicted octanol–water partition coefficient (Wildman–Crippen LogP) is 6.73. The lowest BCUT2D eigenvalue weighted by Gasteiger charge is -2.06. The molecular weight excluding hydrogens is 592 g/mol. The topological polar surface area (TPSA) is 27.7 Å². The van der Waals surface area contributed by atoms with Gasteiger partial charge in [-0.25, -0.2) is 0 Å². The summed E-state index contributed by atoms with van der Waals surface area (Å²) < 4.78 is 22.5. The van der Waals surface area contributed by atoms with Crippen LogP contribution in [0, 0.1) is 0 Å². The number of ether oxygens (including phenoxy) is 3. The van der Waals surface area contributed by atoms with Gasteiger partial charge in [0.05, 0.1) is 56.6 Å². The standard InChI is InChI=1S/C16H20Br2O3S6/c17-9-11-12(10-18)25-15(24-11)16-26-13-14(27-16)23-8-6-21-4-2-19-1-3-20-5-7-22-13/h1-10H2. The molecule has 152 valence electrons. The zero-order chi connectivity index (χ0) is 18.9. The van der Waals surface area contributed by atoms with Crippen molar-refractivity contribution < 1.29 is 14.2 Å². The highest BCUT2D eigenvalue weighted by atomic mass is 79.9. The Morgan fingerprint density at radius 2 is 0.963 bits per heavy atom. The van der Waals surface area contributed by atoms with Gasteiger partial charge in [0.1, 0.15) is 0 Å². The predicted molar refractivity (Wildman–Crippen MR) is 136 cm³/mol. The van der Waals surface area contributed by atoms with Crippen LogP contribution in [-0.4, -0.2) is 61.8 Å². The van der Waals surface area contributed by atoms with Gasteiger partial charge >= 0.3 is 0 Å². The Balaban J connectivity index is 1.62. The molecule has 3 aliphatic rings. The minimum Gasteiger partial charge on any atom is -0.378 e. The first-order chi connectivity index (χ1) is 13.3. The molecule has 0 aliphatic carbocycles. The Morgan fingerprint density at radius 1 is 0.556 bits per heavy atom. The van der Waals surface area contributed by atoms with Gasteiger partial charge in [-0.15, -0.1) is 23.5 Å². The summed E-state index contributed by atoms with van der Waals surface area (Å²) in [5.74, 6) is 1.95. The van der Waals surface area contributed by atoms with E-state index in [9.17, 15) is 0 Å². The molecule has 0 N–H and O–H groups in total. The molecular formula is C16H20Br2O3S6. The van der Waals surface area contributed by atoms with E-state index in [-0.39, 0.29) is 0 Å². The third kappa shape index (κ3) is 7.66. The van der Waals surface area contributed by atoms with Crippen LogP contribution in [0.2, 0.25) is 0 Å². The first-order valence-corrected chi connectivity index (χ1v) is 15.8. The minimum atomic E-state index is 0.644. The Labute approximate surface area is 203 Å². The van der Waals surface area contributed by atoms with Crippen LogP contribution in [0.4, 0.5) is 0 Å². The highest BCUT2D eigenvalue weighted by molar-refractivity contribution is 9.09. The number of alkyl halides is 2. The van der Waals surface area contributed by atoms with Gasteiger partial charge in [0.2, 0.25) is 0 Å². The zero-order valence-corrected chi connectivity index (χ0v) is 22.6. The Morgan fingerprint density at radius 3 is 1.41 bits per heavy atom. The summed E-state index contributed by atoms with van der Waals surface area (Å²) >= 11 is 18.7. The Bertz CT molecular complexity index is 565. The van der Waals surface area contributed by atoms with Crippen molar-refractivity contribution in [3.05, 3.63) is 26.8 Å². The molecule has 0 saturated heterocycles. The Hall–Kier alpha value is 2.16. The third-order valence-electron chi connectivity index (χ3n) is 3.36. The number of rotatable bonds is 2. The molecule has 0 saturated carbocycles. The molecule has 0 radical (unpaired) electrons. The first-order valence-electron chi connectivity index (χ1n) is 8.34. The molecule has 0 aromatic heterocycles. The second-order valence-electron chi connectivity index (χ2n) is 5.21. The molecule has 0 atom stereocenters. The van der Waals surface area contributed by atoms with Crippen LogP contribution in [-0.2, 0) is 14.2 Å². The third-order valence-corrected chi connectivity index (χ3v) is 13.9. The number of hydrogen-bond acceptors (Lipinski definition) is 9. The number of allylic oxidation sites excluding steroid dienone is 2. The van der Waals surface area contributed by atoms with E-state index >= 15 is 0 Å². The molecule has 0 spiro atoms. The van der Waals surface area contributed by atoms with Crippen LogP contribution in [0.1, 0.15) is 0 Å². The van der Waals surface area contributed by atoms with Crippen molar-refractivity contribution in [2.24, 2.45) is 0 Å². The molecule has 0 unspecified atom stereocenters. The second-order valence-corrected chi connectivity index (χ2v) is 13.8. The van der Waals surface area contributed by atoms with Crippen molar-refractivity contribution in [3.63, 3.8) is 0 Å². The van der Waals surface area contributed by atoms with Gasteiger partial charge in [-0.2, -0.15) is 0 Å². The molecule has 11 heteroatoms. The van der Waals surface area contributed by atoms with E-state index in [0.29, 0.717) is 26.4 Å². The normalized spacial score (nSPS) is 24.2. The van der Waals surface area contributed by atoms with E-state index in [0.717, 1.165) is 35.4 Å². The molecule has 3 rings (SSSR count). The monoisotopic (exact) mass is 610 g/mol. The summed E-state index contributed by atoms with van der Waals surface area (Å²) in [5, 5.41) is 1.85. The number of hydrogen-bond donors (Lipinski definition) is 0. The van der Waals surface area contributed by atoms with E-state index in [1.54, 1.807) is 0 Å². The van der Waals surface area contributed by atoms with Crippen LogP contribution in [0.5, 0.6) is 0 Å². The molecule has 0 aromatic rings. The van der Waals surface area contributed by atoms with Crippen molar-refractivity contribution in [2.45, 2.75) is 0 Å². The summed E-state index contributed by atoms with van der Waals surface area (Å²) in [6, 6.07) is 0. The summed E-state index contributed by atoms with van der Waals surface area (Å²) in [7, 11) is 0. The van der Waals surface area contributed by atoms with Crippen LogP contribution >= 0.6 is 102 Å². The van der Waals surface area contributed by atoms with Gasteiger partial charge in [0, 0.05) is 32.0 Å². The summed E-state index contributed by atoms with van der Waals surface area (Å²) in [6.07, 6.45) is 0. The smallest absolute Gasteiger partial charge is 0.0717 e. The van der Waals surface area contributed by atoms with Crippen LogP contribution < -0.4 is 0 Å². The summed E-state index contributed by atoms with van der Waals surface area (Å²) in [6.45, 7) is 4.12. The van der Waals surface area contributed by atoms with E-state index < -0.39 is 0 Å². The quantitative estimate of drug-likeness (QED) is 0.315. The fraction of sp³-hybridized carbons (Fsp3) is 0.625. The van der Waals surface area contributed by atoms with Crippen LogP contribution in [0.3, 0.4) is 0 Å². The fourth-order valence-corrected chi connectivity index (χ4v) is 12.3. The molecule has 27 heavy (non-hydrogen) atoms. The van der Waals surface area contributed by atoms with Gasteiger partial charge in [-0.3, -0.25) is 0 Å². The van der Waals surface area contributed by atoms with Crippen LogP contribution in [0.25, 0.3) is 0 Å². The molecule has 3 nitrogen and oxygen atoms in total. The van der Waals surface area contributed by atoms with Gasteiger partial charge in [0.15, 0.2) is 0 Å². The Kier molecular flexibility index (Phi) is 11.9. The maximum absolute atomic E-state index is 5.67. The molecule has 0 fully saturated rings. The van der Waals surface area contributed by atoms with Crippen molar-refractivity contribution in [3.8, 4) is 0 Å². The number of halogens is 2. The lowest BCUT2D eigenvalue weighted by molar-refractivity contribution is 0.0205. The van der Waals surface area contributed by atoms with Crippen molar-refractivity contribution >= 4 is 102 Å². The lowest BCUT2D eigenvalue weighted by atomic mass is 10.6. The van der Waals surface area contributed by atoms with Crippen LogP contribution in [0.15, 0.2) is 26.8 Å². The second kappa shape index (κ2) is 13.5. The zero-order valence-electron chi connectivity index (χ0n) is 14.5. The van der Waals surface area contributed by atoms with Gasteiger partial charge in [-0.1, -0.05) is 78.9 Å². The average molecular weight is 613 g/mol. The summed E-state index contributed by atoms with van der Waals surface area (Å²) in [4.78, 5) is 2.85. The van der Waals surface area contributed by atoms with Crippen molar-refractivity contribution in [1.29, 1.82) is 0 Å². The highest BCUT2D eigenvalue weighted by Gasteiger charge is 2.29. The molecule has 3 heterocycles. The van der Waals surface area contributed by atoms with Gasteiger partial charge < -0.3 is 14.2 Å². The molecule has 0 amide bonds. The molecule has 3 aliphatic heterocycles. The molecule has 0 aromatic carbocycles. The molecule has 0 bridgehead atoms. The summed E-state index contributed by atoms with van der Waals surface area (Å²) in [5.41, 5.74) is 0. The first kappa shape index (κ1) is 23.8. The van der Waals surface area contributed by atoms with Crippen molar-refractivity contribution in [2.75, 3.05) is 61.8 Å². The van der Waals surface area contributed by atoms with E-state index in [1.165, 1.54) is 26.8 Å². The van der Waals surface area contributed by atoms with Gasteiger partial charge in [-0.05, 0) is 0 Å². The van der Waals surface area contributed by atoms with Crippen molar-refractivity contribution in [1.82, 2.24) is 0 Å². The van der Waals surface area contributed by atoms with Gasteiger partial charge in [0.25, 0.3) is 0 Å². The average Bonchev–Trinajstić information content (AvgIpc) is 3.28. The largest absolute Gasteiger partial charge is 0.378 e. The van der Waals surface area contributed by atoms with E-state index in [4.69, 9.17) is 14.2 Å². The maximum atomic E-state index is 5.67. The maximum Gasteiger partial charge on any atom is 0.0717 e. The fourth-order valence-electron chi connectivity index (χ4n) is 2.11. The lowest BCUT2D eigenvalue weighted by Crippen LogP contribution is -2.11. The van der Waals surface area contributed by atoms with E-state index in [2.05, 4.69) is 31.9 Å². The minimum absolute atomic E-state index is 0.644. The number of thioether (sulfide) groups is 6. The highest BCUT2D eigenvalue weighted by Crippen LogP contribution is 2.63. The van der Waals surface area contributed by atoms with E-state index in [1.807, 2.05) is 70.6 Å². The SMILES string of the molecule is BrCC1=C(CBr)SC(=C2SC3=C(SCCOCCOCCOCCS3)S2)S1.